The first kappa shape index (κ1) is 11.5. The minimum Gasteiger partial charge on any atom is -0.289 e. The highest BCUT2D eigenvalue weighted by Crippen LogP contribution is 2.33. The van der Waals surface area contributed by atoms with E-state index in [1.54, 1.807) is 24.3 Å². The number of rotatable bonds is 0. The van der Waals surface area contributed by atoms with Crippen LogP contribution < -0.4 is 0 Å². The highest BCUT2D eigenvalue weighted by molar-refractivity contribution is 6.41. The predicted octanol–water partition coefficient (Wildman–Crippen LogP) is 3.57. The van der Waals surface area contributed by atoms with Gasteiger partial charge >= 0.3 is 0 Å². The molecule has 4 heteroatoms. The summed E-state index contributed by atoms with van der Waals surface area (Å²) in [6.45, 7) is 0. The molecule has 0 bridgehead atoms. The van der Waals surface area contributed by atoms with E-state index in [0.29, 0.717) is 11.1 Å². The largest absolute Gasteiger partial charge is 0.289 e. The molecule has 1 radical (unpaired) electrons. The highest BCUT2D eigenvalue weighted by atomic mass is 35.5. The molecular formula is C14H5Cl2O2. The van der Waals surface area contributed by atoms with Crippen molar-refractivity contribution in [3.8, 4) is 0 Å². The van der Waals surface area contributed by atoms with Crippen LogP contribution in [0.2, 0.25) is 10.0 Å². The van der Waals surface area contributed by atoms with Crippen LogP contribution in [0.25, 0.3) is 0 Å². The van der Waals surface area contributed by atoms with Gasteiger partial charge in [0.15, 0.2) is 11.6 Å². The zero-order chi connectivity index (χ0) is 12.9. The zero-order valence-electron chi connectivity index (χ0n) is 8.96. The van der Waals surface area contributed by atoms with Gasteiger partial charge in [-0.05, 0) is 6.07 Å². The van der Waals surface area contributed by atoms with Crippen molar-refractivity contribution in [2.45, 2.75) is 0 Å². The third-order valence-electron chi connectivity index (χ3n) is 2.86. The molecule has 1 aliphatic carbocycles. The van der Waals surface area contributed by atoms with Gasteiger partial charge in [0.05, 0.1) is 15.6 Å². The molecule has 0 atom stereocenters. The lowest BCUT2D eigenvalue weighted by Gasteiger charge is -2.18. The van der Waals surface area contributed by atoms with Gasteiger partial charge in [0.1, 0.15) is 0 Å². The summed E-state index contributed by atoms with van der Waals surface area (Å²) in [6.07, 6.45) is 0. The normalized spacial score (nSPS) is 13.2. The topological polar surface area (TPSA) is 34.1 Å². The second-order valence-corrected chi connectivity index (χ2v) is 4.73. The standard InChI is InChI=1S/C14H5Cl2O2/c15-7-5-10-12(11(16)6-7)14(18)9-4-2-1-3-8(9)13(10)17/h1-4,6H. The molecule has 0 aromatic heterocycles. The Morgan fingerprint density at radius 3 is 2.22 bits per heavy atom. The molecule has 0 spiro atoms. The monoisotopic (exact) mass is 275 g/mol. The van der Waals surface area contributed by atoms with E-state index in [1.165, 1.54) is 6.07 Å². The van der Waals surface area contributed by atoms with Gasteiger partial charge in [-0.15, -0.1) is 0 Å². The van der Waals surface area contributed by atoms with Crippen molar-refractivity contribution in [2.75, 3.05) is 0 Å². The van der Waals surface area contributed by atoms with E-state index in [2.05, 4.69) is 6.07 Å². The molecule has 2 aromatic rings. The first-order chi connectivity index (χ1) is 8.59. The quantitative estimate of drug-likeness (QED) is 0.629. The minimum absolute atomic E-state index is 0.149. The van der Waals surface area contributed by atoms with Crippen LogP contribution >= 0.6 is 23.2 Å². The van der Waals surface area contributed by atoms with Crippen molar-refractivity contribution in [3.63, 3.8) is 0 Å². The van der Waals surface area contributed by atoms with Gasteiger partial charge in [-0.3, -0.25) is 9.59 Å². The fourth-order valence-electron chi connectivity index (χ4n) is 2.06. The maximum Gasteiger partial charge on any atom is 0.196 e. The summed E-state index contributed by atoms with van der Waals surface area (Å²) in [5, 5.41) is 0.404. The van der Waals surface area contributed by atoms with E-state index in [-0.39, 0.29) is 32.7 Å². The Balaban J connectivity index is 2.37. The number of carbonyl (C=O) groups is 2. The fourth-order valence-corrected chi connectivity index (χ4v) is 2.61. The molecule has 0 N–H and O–H groups in total. The molecule has 0 aliphatic heterocycles. The lowest BCUT2D eigenvalue weighted by atomic mass is 9.84. The van der Waals surface area contributed by atoms with Crippen molar-refractivity contribution >= 4 is 34.8 Å². The number of benzene rings is 2. The van der Waals surface area contributed by atoms with Crippen LogP contribution in [-0.4, -0.2) is 11.6 Å². The number of ketones is 2. The molecule has 18 heavy (non-hydrogen) atoms. The average Bonchev–Trinajstić information content (AvgIpc) is 2.35. The summed E-state index contributed by atoms with van der Waals surface area (Å²) >= 11 is 11.8. The Kier molecular flexibility index (Phi) is 2.51. The number of hydrogen-bond donors (Lipinski definition) is 0. The highest BCUT2D eigenvalue weighted by Gasteiger charge is 2.31. The molecule has 87 valence electrons. The Bertz CT molecular complexity index is 705. The fraction of sp³-hybridized carbons (Fsp3) is 0. The molecule has 0 heterocycles. The van der Waals surface area contributed by atoms with Gasteiger partial charge in [0.2, 0.25) is 0 Å². The zero-order valence-corrected chi connectivity index (χ0v) is 10.5. The summed E-state index contributed by atoms with van der Waals surface area (Å²) in [6, 6.07) is 10.8. The summed E-state index contributed by atoms with van der Waals surface area (Å²) < 4.78 is 0. The molecule has 0 unspecified atom stereocenters. The van der Waals surface area contributed by atoms with E-state index >= 15 is 0 Å². The minimum atomic E-state index is -0.274. The summed E-state index contributed by atoms with van der Waals surface area (Å²) in [5.41, 5.74) is 1.07. The SMILES string of the molecule is O=C1c2[c]c(Cl)cc(Cl)c2C(=O)c2ccccc21. The van der Waals surface area contributed by atoms with Crippen LogP contribution in [0.1, 0.15) is 31.8 Å². The van der Waals surface area contributed by atoms with Crippen LogP contribution in [-0.2, 0) is 0 Å². The average molecular weight is 276 g/mol. The first-order valence-electron chi connectivity index (χ1n) is 5.19. The lowest BCUT2D eigenvalue weighted by Crippen LogP contribution is -2.21. The number of hydrogen-bond acceptors (Lipinski definition) is 2. The van der Waals surface area contributed by atoms with E-state index in [9.17, 15) is 9.59 Å². The van der Waals surface area contributed by atoms with Crippen LogP contribution in [0.4, 0.5) is 0 Å². The Morgan fingerprint density at radius 2 is 1.56 bits per heavy atom. The number of fused-ring (bicyclic) bond motifs is 2. The van der Waals surface area contributed by atoms with Crippen LogP contribution in [0.3, 0.4) is 0 Å². The van der Waals surface area contributed by atoms with Crippen molar-refractivity contribution in [2.24, 2.45) is 0 Å². The van der Waals surface area contributed by atoms with Crippen molar-refractivity contribution < 1.29 is 9.59 Å². The molecule has 0 amide bonds. The van der Waals surface area contributed by atoms with Crippen molar-refractivity contribution in [1.29, 1.82) is 0 Å². The van der Waals surface area contributed by atoms with Crippen molar-refractivity contribution in [3.05, 3.63) is 68.7 Å². The summed E-state index contributed by atoms with van der Waals surface area (Å²) in [5.74, 6) is -0.539. The smallest absolute Gasteiger partial charge is 0.196 e. The molecule has 3 rings (SSSR count). The molecule has 0 saturated carbocycles. The van der Waals surface area contributed by atoms with Crippen LogP contribution in [0, 0.1) is 6.07 Å². The van der Waals surface area contributed by atoms with E-state index in [4.69, 9.17) is 23.2 Å². The predicted molar refractivity (Wildman–Crippen MR) is 68.6 cm³/mol. The summed E-state index contributed by atoms with van der Waals surface area (Å²) in [4.78, 5) is 24.5. The second kappa shape index (κ2) is 3.94. The van der Waals surface area contributed by atoms with Gasteiger partial charge in [0, 0.05) is 22.8 Å². The molecule has 1 aliphatic rings. The first-order valence-corrected chi connectivity index (χ1v) is 5.95. The maximum absolute atomic E-state index is 12.3. The van der Waals surface area contributed by atoms with Crippen LogP contribution in [0.15, 0.2) is 30.3 Å². The Labute approximate surface area is 113 Å². The van der Waals surface area contributed by atoms with Gasteiger partial charge < -0.3 is 0 Å². The third-order valence-corrected chi connectivity index (χ3v) is 3.36. The molecular weight excluding hydrogens is 271 g/mol. The molecule has 2 nitrogen and oxygen atoms in total. The van der Waals surface area contributed by atoms with E-state index < -0.39 is 0 Å². The number of carbonyl (C=O) groups excluding carboxylic acids is 2. The molecule has 0 fully saturated rings. The second-order valence-electron chi connectivity index (χ2n) is 3.92. The van der Waals surface area contributed by atoms with E-state index in [0.717, 1.165) is 0 Å². The maximum atomic E-state index is 12.3. The Hall–Kier alpha value is -1.64. The van der Waals surface area contributed by atoms with Gasteiger partial charge in [-0.25, -0.2) is 0 Å². The van der Waals surface area contributed by atoms with E-state index in [1.807, 2.05) is 0 Å². The lowest BCUT2D eigenvalue weighted by molar-refractivity contribution is 0.0979. The van der Waals surface area contributed by atoms with Crippen LogP contribution in [0.5, 0.6) is 0 Å². The van der Waals surface area contributed by atoms with Gasteiger partial charge in [-0.2, -0.15) is 0 Å². The Morgan fingerprint density at radius 1 is 0.944 bits per heavy atom. The molecule has 0 saturated heterocycles. The van der Waals surface area contributed by atoms with Gasteiger partial charge in [0.25, 0.3) is 0 Å². The summed E-state index contributed by atoms with van der Waals surface area (Å²) in [7, 11) is 0. The van der Waals surface area contributed by atoms with Gasteiger partial charge in [-0.1, -0.05) is 47.5 Å². The van der Waals surface area contributed by atoms with Crippen molar-refractivity contribution in [1.82, 2.24) is 0 Å². The molecule has 2 aromatic carbocycles. The third kappa shape index (κ3) is 1.50. The number of halogens is 2.